The van der Waals surface area contributed by atoms with E-state index in [2.05, 4.69) is 4.98 Å². The molecule has 0 atom stereocenters. The zero-order chi connectivity index (χ0) is 12.4. The highest BCUT2D eigenvalue weighted by Crippen LogP contribution is 2.28. The van der Waals surface area contributed by atoms with Crippen molar-refractivity contribution in [1.29, 1.82) is 0 Å². The Balaban J connectivity index is 2.57. The van der Waals surface area contributed by atoms with Gasteiger partial charge >= 0.3 is 0 Å². The number of aryl methyl sites for hydroxylation is 1. The van der Waals surface area contributed by atoms with Crippen LogP contribution < -0.4 is 4.74 Å². The van der Waals surface area contributed by atoms with Gasteiger partial charge in [0.1, 0.15) is 0 Å². The molecule has 0 unspecified atom stereocenters. The van der Waals surface area contributed by atoms with Gasteiger partial charge in [0.25, 0.3) is 0 Å². The van der Waals surface area contributed by atoms with E-state index in [1.807, 2.05) is 0 Å². The van der Waals surface area contributed by atoms with Crippen molar-refractivity contribution in [3.8, 4) is 17.0 Å². The van der Waals surface area contributed by atoms with Crippen LogP contribution in [0.3, 0.4) is 0 Å². The molecule has 2 aromatic rings. The fourth-order valence-electron chi connectivity index (χ4n) is 1.64. The number of halogens is 2. The van der Waals surface area contributed by atoms with Crippen LogP contribution in [-0.2, 0) is 0 Å². The molecule has 88 valence electrons. The third-order valence-corrected chi connectivity index (χ3v) is 2.54. The van der Waals surface area contributed by atoms with Crippen molar-refractivity contribution < 1.29 is 13.5 Å². The van der Waals surface area contributed by atoms with E-state index in [0.29, 0.717) is 11.4 Å². The molecule has 0 radical (unpaired) electrons. The van der Waals surface area contributed by atoms with Crippen molar-refractivity contribution in [3.63, 3.8) is 0 Å². The third kappa shape index (κ3) is 2.11. The van der Waals surface area contributed by atoms with Gasteiger partial charge in [0.05, 0.1) is 7.11 Å². The fourth-order valence-corrected chi connectivity index (χ4v) is 1.64. The Kier molecular flexibility index (Phi) is 3.04. The molecule has 1 heterocycles. The molecule has 1 aromatic heterocycles. The average molecular weight is 235 g/mol. The minimum Gasteiger partial charge on any atom is -0.481 e. The third-order valence-electron chi connectivity index (χ3n) is 2.54. The van der Waals surface area contributed by atoms with E-state index in [4.69, 9.17) is 4.74 Å². The molecule has 0 aliphatic carbocycles. The van der Waals surface area contributed by atoms with Gasteiger partial charge in [-0.1, -0.05) is 12.1 Å². The lowest BCUT2D eigenvalue weighted by Gasteiger charge is -2.08. The second-order valence-electron chi connectivity index (χ2n) is 3.64. The first kappa shape index (κ1) is 11.5. The lowest BCUT2D eigenvalue weighted by Crippen LogP contribution is -1.94. The number of aromatic nitrogens is 1. The van der Waals surface area contributed by atoms with Crippen LogP contribution in [0.1, 0.15) is 5.56 Å². The Morgan fingerprint density at radius 2 is 1.94 bits per heavy atom. The number of ether oxygens (including phenoxy) is 1. The Morgan fingerprint density at radius 3 is 2.59 bits per heavy atom. The zero-order valence-electron chi connectivity index (χ0n) is 9.50. The summed E-state index contributed by atoms with van der Waals surface area (Å²) in [5.41, 5.74) is 1.54. The van der Waals surface area contributed by atoms with Gasteiger partial charge in [-0.25, -0.2) is 13.8 Å². The van der Waals surface area contributed by atoms with E-state index in [1.54, 1.807) is 13.0 Å². The Bertz CT molecular complexity index is 555. The molecule has 0 saturated heterocycles. The van der Waals surface area contributed by atoms with Crippen LogP contribution in [0.5, 0.6) is 5.88 Å². The first-order valence-electron chi connectivity index (χ1n) is 5.08. The Labute approximate surface area is 97.9 Å². The van der Waals surface area contributed by atoms with E-state index in [0.717, 1.165) is 11.6 Å². The first-order valence-corrected chi connectivity index (χ1v) is 5.08. The lowest BCUT2D eigenvalue weighted by atomic mass is 10.0. The van der Waals surface area contributed by atoms with Crippen LogP contribution in [-0.4, -0.2) is 12.1 Å². The largest absolute Gasteiger partial charge is 0.481 e. The molecule has 0 amide bonds. The van der Waals surface area contributed by atoms with Crippen LogP contribution in [0.25, 0.3) is 11.1 Å². The second-order valence-corrected chi connectivity index (χ2v) is 3.64. The van der Waals surface area contributed by atoms with Crippen LogP contribution in [0.2, 0.25) is 0 Å². The number of rotatable bonds is 2. The van der Waals surface area contributed by atoms with Crippen LogP contribution in [0.15, 0.2) is 30.5 Å². The molecule has 0 fully saturated rings. The number of benzene rings is 1. The standard InChI is InChI=1S/C13H11F2NO/c1-8-6-12(17-2)16-7-10(8)9-4-3-5-11(14)13(9)15/h3-7H,1-2H3. The maximum atomic E-state index is 13.6. The second kappa shape index (κ2) is 4.49. The van der Waals surface area contributed by atoms with Gasteiger partial charge in [0.15, 0.2) is 11.6 Å². The zero-order valence-corrected chi connectivity index (χ0v) is 9.50. The molecular weight excluding hydrogens is 224 g/mol. The van der Waals surface area contributed by atoms with Crippen molar-refractivity contribution >= 4 is 0 Å². The summed E-state index contributed by atoms with van der Waals surface area (Å²) in [6, 6.07) is 5.76. The molecule has 0 saturated carbocycles. The molecule has 0 aliphatic rings. The van der Waals surface area contributed by atoms with Gasteiger partial charge in [-0.3, -0.25) is 0 Å². The summed E-state index contributed by atoms with van der Waals surface area (Å²) in [5, 5.41) is 0. The first-order chi connectivity index (χ1) is 8.13. The number of hydrogen-bond donors (Lipinski definition) is 0. The molecule has 4 heteroatoms. The summed E-state index contributed by atoms with van der Waals surface area (Å²) in [6.07, 6.45) is 1.48. The number of methoxy groups -OCH3 is 1. The van der Waals surface area contributed by atoms with Gasteiger partial charge in [-0.05, 0) is 18.6 Å². The molecule has 0 spiro atoms. The maximum Gasteiger partial charge on any atom is 0.213 e. The van der Waals surface area contributed by atoms with E-state index >= 15 is 0 Å². The average Bonchev–Trinajstić information content (AvgIpc) is 2.33. The molecule has 2 rings (SSSR count). The summed E-state index contributed by atoms with van der Waals surface area (Å²) < 4.78 is 31.7. The summed E-state index contributed by atoms with van der Waals surface area (Å²) >= 11 is 0. The van der Waals surface area contributed by atoms with Crippen LogP contribution >= 0.6 is 0 Å². The Morgan fingerprint density at radius 1 is 1.18 bits per heavy atom. The van der Waals surface area contributed by atoms with Gasteiger partial charge < -0.3 is 4.74 Å². The van der Waals surface area contributed by atoms with Gasteiger partial charge in [0, 0.05) is 23.4 Å². The van der Waals surface area contributed by atoms with E-state index in [-0.39, 0.29) is 5.56 Å². The lowest BCUT2D eigenvalue weighted by molar-refractivity contribution is 0.397. The van der Waals surface area contributed by atoms with Gasteiger partial charge in [0.2, 0.25) is 5.88 Å². The number of nitrogens with zero attached hydrogens (tertiary/aromatic N) is 1. The minimum absolute atomic E-state index is 0.206. The predicted molar refractivity (Wildman–Crippen MR) is 60.9 cm³/mol. The Hall–Kier alpha value is -1.97. The SMILES string of the molecule is COc1cc(C)c(-c2cccc(F)c2F)cn1. The quantitative estimate of drug-likeness (QED) is 0.796. The molecule has 0 aliphatic heterocycles. The minimum atomic E-state index is -0.863. The maximum absolute atomic E-state index is 13.6. The predicted octanol–water partition coefficient (Wildman–Crippen LogP) is 3.34. The summed E-state index contributed by atoms with van der Waals surface area (Å²) in [5.74, 6) is -1.27. The monoisotopic (exact) mass is 235 g/mol. The van der Waals surface area contributed by atoms with Crippen molar-refractivity contribution in [2.45, 2.75) is 6.92 Å². The highest BCUT2D eigenvalue weighted by Gasteiger charge is 2.12. The smallest absolute Gasteiger partial charge is 0.213 e. The molecule has 17 heavy (non-hydrogen) atoms. The van der Waals surface area contributed by atoms with Crippen molar-refractivity contribution in [1.82, 2.24) is 4.98 Å². The molecule has 0 bridgehead atoms. The number of pyridine rings is 1. The van der Waals surface area contributed by atoms with E-state index in [1.165, 1.54) is 25.4 Å². The highest BCUT2D eigenvalue weighted by atomic mass is 19.2. The molecule has 2 nitrogen and oxygen atoms in total. The van der Waals surface area contributed by atoms with Crippen LogP contribution in [0.4, 0.5) is 8.78 Å². The summed E-state index contributed by atoms with van der Waals surface area (Å²) in [7, 11) is 1.50. The van der Waals surface area contributed by atoms with Crippen molar-refractivity contribution in [3.05, 3.63) is 47.7 Å². The van der Waals surface area contributed by atoms with E-state index in [9.17, 15) is 8.78 Å². The number of hydrogen-bond acceptors (Lipinski definition) is 2. The van der Waals surface area contributed by atoms with Crippen molar-refractivity contribution in [2.24, 2.45) is 0 Å². The van der Waals surface area contributed by atoms with Crippen molar-refractivity contribution in [2.75, 3.05) is 7.11 Å². The highest BCUT2D eigenvalue weighted by molar-refractivity contribution is 5.67. The fraction of sp³-hybridized carbons (Fsp3) is 0.154. The molecule has 0 N–H and O–H groups in total. The topological polar surface area (TPSA) is 22.1 Å². The van der Waals surface area contributed by atoms with Gasteiger partial charge in [-0.2, -0.15) is 0 Å². The summed E-state index contributed by atoms with van der Waals surface area (Å²) in [4.78, 5) is 3.99. The molecular formula is C13H11F2NO. The summed E-state index contributed by atoms with van der Waals surface area (Å²) in [6.45, 7) is 1.80. The van der Waals surface area contributed by atoms with Crippen LogP contribution in [0, 0.1) is 18.6 Å². The normalized spacial score (nSPS) is 10.4. The van der Waals surface area contributed by atoms with Gasteiger partial charge in [-0.15, -0.1) is 0 Å². The van der Waals surface area contributed by atoms with E-state index < -0.39 is 11.6 Å². The molecule has 1 aromatic carbocycles.